The molecule has 88 valence electrons. The third-order valence-electron chi connectivity index (χ3n) is 3.10. The number of azo groups is 1. The molecule has 1 aliphatic heterocycles. The third kappa shape index (κ3) is 1.65. The average Bonchev–Trinajstić information content (AvgIpc) is 2.70. The summed E-state index contributed by atoms with van der Waals surface area (Å²) in [5, 5.41) is 8.53. The van der Waals surface area contributed by atoms with Crippen LogP contribution in [0.4, 0.5) is 5.95 Å². The van der Waals surface area contributed by atoms with Gasteiger partial charge < -0.3 is 0 Å². The minimum Gasteiger partial charge on any atom is -0.296 e. The van der Waals surface area contributed by atoms with E-state index >= 15 is 0 Å². The van der Waals surface area contributed by atoms with Gasteiger partial charge in [0.1, 0.15) is 11.7 Å². The Morgan fingerprint density at radius 3 is 2.69 bits per heavy atom. The Kier molecular flexibility index (Phi) is 2.80. The molecule has 1 atom stereocenters. The second kappa shape index (κ2) is 3.97. The van der Waals surface area contributed by atoms with Crippen molar-refractivity contribution in [3.63, 3.8) is 0 Å². The van der Waals surface area contributed by atoms with Crippen molar-refractivity contribution in [3.8, 4) is 0 Å². The van der Waals surface area contributed by atoms with Crippen LogP contribution in [0.15, 0.2) is 22.6 Å². The van der Waals surface area contributed by atoms with Crippen LogP contribution in [0.3, 0.4) is 0 Å². The van der Waals surface area contributed by atoms with Gasteiger partial charge in [-0.15, -0.1) is 5.11 Å². The van der Waals surface area contributed by atoms with Gasteiger partial charge in [0.15, 0.2) is 0 Å². The van der Waals surface area contributed by atoms with Crippen LogP contribution in [-0.2, 0) is 0 Å². The first kappa shape index (κ1) is 11.3. The quantitative estimate of drug-likeness (QED) is 0.787. The molecule has 0 amide bonds. The third-order valence-corrected chi connectivity index (χ3v) is 3.10. The SMILES string of the molecule is CCN(CC)[C@@H]1n2ccnc2N=NC1(C)C. The lowest BCUT2D eigenvalue weighted by atomic mass is 10.00. The second-order valence-corrected chi connectivity index (χ2v) is 4.58. The number of likely N-dealkylation sites (N-methyl/N-ethyl adjacent to an activating group) is 1. The van der Waals surface area contributed by atoms with Crippen molar-refractivity contribution < 1.29 is 0 Å². The van der Waals surface area contributed by atoms with Gasteiger partial charge in [-0.2, -0.15) is 5.11 Å². The monoisotopic (exact) mass is 221 g/mol. The molecular weight excluding hydrogens is 202 g/mol. The molecule has 0 N–H and O–H groups in total. The Morgan fingerprint density at radius 2 is 2.06 bits per heavy atom. The lowest BCUT2D eigenvalue weighted by molar-refractivity contribution is 0.0813. The van der Waals surface area contributed by atoms with Gasteiger partial charge in [-0.25, -0.2) is 4.98 Å². The van der Waals surface area contributed by atoms with E-state index in [0.717, 1.165) is 13.1 Å². The molecule has 1 aliphatic rings. The van der Waals surface area contributed by atoms with Crippen LogP contribution in [0.25, 0.3) is 0 Å². The molecule has 2 heterocycles. The first-order chi connectivity index (χ1) is 7.60. The van der Waals surface area contributed by atoms with Crippen molar-refractivity contribution in [1.29, 1.82) is 0 Å². The van der Waals surface area contributed by atoms with Crippen LogP contribution in [0.1, 0.15) is 33.9 Å². The fourth-order valence-electron chi connectivity index (χ4n) is 2.33. The molecule has 2 rings (SSSR count). The smallest absolute Gasteiger partial charge is 0.250 e. The van der Waals surface area contributed by atoms with Gasteiger partial charge in [0, 0.05) is 12.4 Å². The van der Waals surface area contributed by atoms with Crippen molar-refractivity contribution in [2.45, 2.75) is 39.4 Å². The van der Waals surface area contributed by atoms with Crippen LogP contribution in [0.2, 0.25) is 0 Å². The van der Waals surface area contributed by atoms with Crippen molar-refractivity contribution in [3.05, 3.63) is 12.4 Å². The molecule has 0 aromatic carbocycles. The molecule has 0 bridgehead atoms. The zero-order valence-electron chi connectivity index (χ0n) is 10.4. The lowest BCUT2D eigenvalue weighted by Crippen LogP contribution is -2.45. The van der Waals surface area contributed by atoms with Crippen molar-refractivity contribution in [2.75, 3.05) is 13.1 Å². The van der Waals surface area contributed by atoms with Crippen LogP contribution >= 0.6 is 0 Å². The van der Waals surface area contributed by atoms with Crippen LogP contribution in [0, 0.1) is 0 Å². The van der Waals surface area contributed by atoms with E-state index in [1.165, 1.54) is 0 Å². The molecule has 0 saturated heterocycles. The zero-order valence-corrected chi connectivity index (χ0v) is 10.4. The molecule has 0 unspecified atom stereocenters. The van der Waals surface area contributed by atoms with Gasteiger partial charge in [-0.05, 0) is 26.9 Å². The minimum atomic E-state index is -0.209. The highest BCUT2D eigenvalue weighted by Gasteiger charge is 2.38. The molecule has 1 aromatic rings. The number of aromatic nitrogens is 2. The molecule has 16 heavy (non-hydrogen) atoms. The summed E-state index contributed by atoms with van der Waals surface area (Å²) in [6, 6.07) is 0. The van der Waals surface area contributed by atoms with E-state index in [0.29, 0.717) is 5.95 Å². The summed E-state index contributed by atoms with van der Waals surface area (Å²) >= 11 is 0. The number of rotatable bonds is 3. The highest BCUT2D eigenvalue weighted by Crippen LogP contribution is 2.37. The molecule has 1 aromatic heterocycles. The topological polar surface area (TPSA) is 45.8 Å². The van der Waals surface area contributed by atoms with Crippen LogP contribution in [-0.4, -0.2) is 33.1 Å². The highest BCUT2D eigenvalue weighted by molar-refractivity contribution is 5.20. The van der Waals surface area contributed by atoms with Crippen molar-refractivity contribution in [1.82, 2.24) is 14.5 Å². The molecule has 0 saturated carbocycles. The minimum absolute atomic E-state index is 0.206. The maximum absolute atomic E-state index is 4.37. The van der Waals surface area contributed by atoms with Gasteiger partial charge in [0.2, 0.25) is 5.95 Å². The molecule has 5 nitrogen and oxygen atoms in total. The zero-order chi connectivity index (χ0) is 11.8. The van der Waals surface area contributed by atoms with Gasteiger partial charge in [0.05, 0.1) is 0 Å². The van der Waals surface area contributed by atoms with Gasteiger partial charge >= 0.3 is 0 Å². The number of imidazole rings is 1. The fraction of sp³-hybridized carbons (Fsp3) is 0.727. The summed E-state index contributed by atoms with van der Waals surface area (Å²) < 4.78 is 2.11. The Bertz CT molecular complexity index is 389. The van der Waals surface area contributed by atoms with Gasteiger partial charge in [-0.3, -0.25) is 9.47 Å². The van der Waals surface area contributed by atoms with E-state index in [-0.39, 0.29) is 11.7 Å². The predicted molar refractivity (Wildman–Crippen MR) is 62.8 cm³/mol. The van der Waals surface area contributed by atoms with Crippen molar-refractivity contribution in [2.24, 2.45) is 10.2 Å². The molecule has 0 fully saturated rings. The Morgan fingerprint density at radius 1 is 1.38 bits per heavy atom. The average molecular weight is 221 g/mol. The largest absolute Gasteiger partial charge is 0.296 e. The molecule has 0 spiro atoms. The second-order valence-electron chi connectivity index (χ2n) is 4.58. The van der Waals surface area contributed by atoms with Gasteiger partial charge in [0.25, 0.3) is 0 Å². The van der Waals surface area contributed by atoms with E-state index in [2.05, 4.69) is 52.4 Å². The summed E-state index contributed by atoms with van der Waals surface area (Å²) in [5.41, 5.74) is -0.209. The van der Waals surface area contributed by atoms with E-state index in [9.17, 15) is 0 Å². The highest BCUT2D eigenvalue weighted by atomic mass is 15.4. The number of nitrogens with zero attached hydrogens (tertiary/aromatic N) is 5. The van der Waals surface area contributed by atoms with Crippen molar-refractivity contribution >= 4 is 5.95 Å². The van der Waals surface area contributed by atoms with Gasteiger partial charge in [-0.1, -0.05) is 13.8 Å². The Balaban J connectivity index is 2.44. The first-order valence-electron chi connectivity index (χ1n) is 5.80. The number of hydrogen-bond donors (Lipinski definition) is 0. The lowest BCUT2D eigenvalue weighted by Gasteiger charge is -2.40. The maximum Gasteiger partial charge on any atom is 0.250 e. The summed E-state index contributed by atoms with van der Waals surface area (Å²) in [6.07, 6.45) is 3.97. The fourth-order valence-corrected chi connectivity index (χ4v) is 2.33. The van der Waals surface area contributed by atoms with Crippen LogP contribution in [0.5, 0.6) is 0 Å². The standard InChI is InChI=1S/C11H19N5/c1-5-15(6-2)9-11(3,4)14-13-10-12-7-8-16(9)10/h7-9H,5-6H2,1-4H3/t9-/m1/s1. The summed E-state index contributed by atoms with van der Waals surface area (Å²) in [6.45, 7) is 10.6. The van der Waals surface area contributed by atoms with Crippen LogP contribution < -0.4 is 0 Å². The molecule has 0 aliphatic carbocycles. The van der Waals surface area contributed by atoms with E-state index < -0.39 is 0 Å². The van der Waals surface area contributed by atoms with E-state index in [1.807, 2.05) is 6.20 Å². The summed E-state index contributed by atoms with van der Waals surface area (Å²) in [5.74, 6) is 0.705. The van der Waals surface area contributed by atoms with E-state index in [1.54, 1.807) is 6.20 Å². The number of hydrogen-bond acceptors (Lipinski definition) is 4. The Labute approximate surface area is 96.2 Å². The predicted octanol–water partition coefficient (Wildman–Crippen LogP) is 2.60. The Hall–Kier alpha value is -1.23. The maximum atomic E-state index is 4.37. The molecule has 0 radical (unpaired) electrons. The first-order valence-corrected chi connectivity index (χ1v) is 5.80. The van der Waals surface area contributed by atoms with E-state index in [4.69, 9.17) is 0 Å². The number of fused-ring (bicyclic) bond motifs is 1. The normalized spacial score (nSPS) is 22.4. The summed E-state index contributed by atoms with van der Waals surface area (Å²) in [7, 11) is 0. The molecule has 5 heteroatoms. The summed E-state index contributed by atoms with van der Waals surface area (Å²) in [4.78, 5) is 6.58. The molecular formula is C11H19N5.